The first kappa shape index (κ1) is 18.1. The highest BCUT2D eigenvalue weighted by molar-refractivity contribution is 5.87. The third-order valence-corrected chi connectivity index (χ3v) is 3.74. The van der Waals surface area contributed by atoms with Crippen LogP contribution in [0.2, 0.25) is 0 Å². The molecular formula is C23H18O4. The predicted octanol–water partition coefficient (Wildman–Crippen LogP) is 4.28. The fraction of sp³-hybridized carbons (Fsp3) is 0.0870. The maximum atomic E-state index is 10.8. The van der Waals surface area contributed by atoms with Gasteiger partial charge in [0, 0.05) is 12.0 Å². The summed E-state index contributed by atoms with van der Waals surface area (Å²) < 4.78 is 11.7. The van der Waals surface area contributed by atoms with Crippen LogP contribution in [0.4, 0.5) is 0 Å². The Balaban J connectivity index is 1.78. The second kappa shape index (κ2) is 9.12. The van der Waals surface area contributed by atoms with Crippen molar-refractivity contribution in [2.24, 2.45) is 0 Å². The number of benzene rings is 3. The van der Waals surface area contributed by atoms with Gasteiger partial charge in [0.05, 0.1) is 5.56 Å². The molecule has 0 fully saturated rings. The number of rotatable bonds is 6. The van der Waals surface area contributed by atoms with Crippen molar-refractivity contribution in [3.8, 4) is 23.3 Å². The molecular weight excluding hydrogens is 340 g/mol. The number of ether oxygens (including phenoxy) is 2. The maximum absolute atomic E-state index is 10.8. The predicted molar refractivity (Wildman–Crippen MR) is 103 cm³/mol. The molecule has 0 unspecified atom stereocenters. The number of hydrogen-bond donors (Lipinski definition) is 1. The van der Waals surface area contributed by atoms with Gasteiger partial charge < -0.3 is 14.6 Å². The molecule has 0 bridgehead atoms. The van der Waals surface area contributed by atoms with Crippen LogP contribution in [0.3, 0.4) is 0 Å². The minimum absolute atomic E-state index is 0.352. The number of aliphatic carboxylic acids is 1. The van der Waals surface area contributed by atoms with Gasteiger partial charge in [-0.15, -0.1) is 0 Å². The second-order valence-corrected chi connectivity index (χ2v) is 5.76. The van der Waals surface area contributed by atoms with Crippen molar-refractivity contribution in [1.82, 2.24) is 0 Å². The summed E-state index contributed by atoms with van der Waals surface area (Å²) in [7, 11) is 0. The van der Waals surface area contributed by atoms with Crippen LogP contribution >= 0.6 is 0 Å². The minimum Gasteiger partial charge on any atom is -0.489 e. The lowest BCUT2D eigenvalue weighted by Gasteiger charge is -2.12. The van der Waals surface area contributed by atoms with Crippen molar-refractivity contribution in [1.29, 1.82) is 0 Å². The first-order valence-electron chi connectivity index (χ1n) is 8.43. The highest BCUT2D eigenvalue weighted by atomic mass is 16.5. The van der Waals surface area contributed by atoms with E-state index in [-0.39, 0.29) is 0 Å². The lowest BCUT2D eigenvalue weighted by molar-refractivity contribution is -0.130. The monoisotopic (exact) mass is 358 g/mol. The van der Waals surface area contributed by atoms with Crippen LogP contribution in [0, 0.1) is 11.8 Å². The van der Waals surface area contributed by atoms with Gasteiger partial charge in [-0.2, -0.15) is 0 Å². The normalized spacial score (nSPS) is 9.78. The Morgan fingerprint density at radius 1 is 0.815 bits per heavy atom. The summed E-state index contributed by atoms with van der Waals surface area (Å²) in [5.74, 6) is 4.67. The molecule has 0 saturated heterocycles. The van der Waals surface area contributed by atoms with Gasteiger partial charge in [0.25, 0.3) is 0 Å². The number of hydrogen-bond acceptors (Lipinski definition) is 3. The van der Waals surface area contributed by atoms with Crippen molar-refractivity contribution in [2.45, 2.75) is 13.2 Å². The van der Waals surface area contributed by atoms with E-state index in [0.29, 0.717) is 30.3 Å². The molecule has 0 aliphatic carbocycles. The largest absolute Gasteiger partial charge is 0.489 e. The second-order valence-electron chi connectivity index (χ2n) is 5.76. The van der Waals surface area contributed by atoms with Crippen LogP contribution < -0.4 is 9.47 Å². The minimum atomic E-state index is -1.19. The Kier molecular flexibility index (Phi) is 6.11. The fourth-order valence-corrected chi connectivity index (χ4v) is 2.41. The van der Waals surface area contributed by atoms with Crippen molar-refractivity contribution in [2.75, 3.05) is 0 Å². The van der Waals surface area contributed by atoms with Gasteiger partial charge >= 0.3 is 5.97 Å². The molecule has 0 aromatic heterocycles. The molecule has 3 rings (SSSR count). The van der Waals surface area contributed by atoms with Crippen molar-refractivity contribution in [3.05, 3.63) is 95.6 Å². The van der Waals surface area contributed by atoms with E-state index in [0.717, 1.165) is 11.1 Å². The van der Waals surface area contributed by atoms with Crippen LogP contribution in [0.15, 0.2) is 78.9 Å². The lowest BCUT2D eigenvalue weighted by atomic mass is 10.2. The molecule has 3 aromatic carbocycles. The average Bonchev–Trinajstić information content (AvgIpc) is 2.71. The van der Waals surface area contributed by atoms with Gasteiger partial charge in [-0.25, -0.2) is 4.79 Å². The van der Waals surface area contributed by atoms with E-state index in [1.54, 1.807) is 18.2 Å². The summed E-state index contributed by atoms with van der Waals surface area (Å²) in [5, 5.41) is 8.80. The molecule has 4 nitrogen and oxygen atoms in total. The third-order valence-electron chi connectivity index (χ3n) is 3.74. The zero-order valence-corrected chi connectivity index (χ0v) is 14.6. The summed E-state index contributed by atoms with van der Waals surface area (Å²) in [6, 6.07) is 24.7. The highest BCUT2D eigenvalue weighted by Crippen LogP contribution is 2.26. The molecule has 1 N–H and O–H groups in total. The number of carbonyl (C=O) groups is 1. The van der Waals surface area contributed by atoms with Crippen molar-refractivity contribution >= 4 is 5.97 Å². The van der Waals surface area contributed by atoms with Crippen LogP contribution in [0.5, 0.6) is 11.5 Å². The van der Waals surface area contributed by atoms with Crippen LogP contribution in [0.1, 0.15) is 16.7 Å². The van der Waals surface area contributed by atoms with E-state index >= 15 is 0 Å². The Morgan fingerprint density at radius 2 is 1.41 bits per heavy atom. The third kappa shape index (κ3) is 5.65. The molecule has 0 heterocycles. The van der Waals surface area contributed by atoms with Crippen molar-refractivity contribution < 1.29 is 19.4 Å². The molecule has 0 spiro atoms. The molecule has 0 aliphatic heterocycles. The molecule has 0 amide bonds. The Labute approximate surface area is 158 Å². The number of carboxylic acids is 1. The van der Waals surface area contributed by atoms with Crippen molar-refractivity contribution in [3.63, 3.8) is 0 Å². The zero-order chi connectivity index (χ0) is 18.9. The lowest BCUT2D eigenvalue weighted by Crippen LogP contribution is -2.00. The zero-order valence-electron chi connectivity index (χ0n) is 14.6. The van der Waals surface area contributed by atoms with Gasteiger partial charge in [0.1, 0.15) is 24.7 Å². The number of carboxylic acid groups (broad SMARTS) is 1. The SMILES string of the molecule is O=C(O)C#Cc1ccc(OCc2ccccc2)cc1OCc1ccccc1. The Bertz CT molecular complexity index is 954. The maximum Gasteiger partial charge on any atom is 0.382 e. The molecule has 0 radical (unpaired) electrons. The molecule has 0 atom stereocenters. The van der Waals surface area contributed by atoms with Gasteiger partial charge in [0.2, 0.25) is 0 Å². The van der Waals surface area contributed by atoms with E-state index < -0.39 is 5.97 Å². The van der Waals surface area contributed by atoms with Gasteiger partial charge in [-0.3, -0.25) is 0 Å². The van der Waals surface area contributed by atoms with E-state index in [1.165, 1.54) is 0 Å². The summed E-state index contributed by atoms with van der Waals surface area (Å²) in [4.78, 5) is 10.8. The Morgan fingerprint density at radius 3 is 2.00 bits per heavy atom. The van der Waals surface area contributed by atoms with Gasteiger partial charge in [-0.05, 0) is 23.3 Å². The topological polar surface area (TPSA) is 55.8 Å². The standard InChI is InChI=1S/C23H18O4/c24-23(25)14-12-20-11-13-21(26-16-18-7-3-1-4-8-18)15-22(20)27-17-19-9-5-2-6-10-19/h1-11,13,15H,16-17H2,(H,24,25). The van der Waals surface area contributed by atoms with E-state index in [1.807, 2.05) is 60.7 Å². The molecule has 134 valence electrons. The van der Waals surface area contributed by atoms with Crippen LogP contribution in [-0.2, 0) is 18.0 Å². The van der Waals surface area contributed by atoms with E-state index in [2.05, 4.69) is 11.8 Å². The first-order valence-corrected chi connectivity index (χ1v) is 8.43. The summed E-state index contributed by atoms with van der Waals surface area (Å²) in [6.07, 6.45) is 0. The summed E-state index contributed by atoms with van der Waals surface area (Å²) in [6.45, 7) is 0.782. The quantitative estimate of drug-likeness (QED) is 0.668. The molecule has 27 heavy (non-hydrogen) atoms. The van der Waals surface area contributed by atoms with Gasteiger partial charge in [-0.1, -0.05) is 66.6 Å². The van der Waals surface area contributed by atoms with Crippen LogP contribution in [0.25, 0.3) is 0 Å². The first-order chi connectivity index (χ1) is 13.2. The fourth-order valence-electron chi connectivity index (χ4n) is 2.41. The molecule has 0 aliphatic rings. The molecule has 3 aromatic rings. The summed E-state index contributed by atoms with van der Waals surface area (Å²) in [5.41, 5.74) is 2.56. The average molecular weight is 358 g/mol. The molecule has 0 saturated carbocycles. The highest BCUT2D eigenvalue weighted by Gasteiger charge is 2.06. The smallest absolute Gasteiger partial charge is 0.382 e. The van der Waals surface area contributed by atoms with E-state index in [9.17, 15) is 4.79 Å². The summed E-state index contributed by atoms with van der Waals surface area (Å²) >= 11 is 0. The van der Waals surface area contributed by atoms with E-state index in [4.69, 9.17) is 14.6 Å². The Hall–Kier alpha value is -3.71. The van der Waals surface area contributed by atoms with Crippen LogP contribution in [-0.4, -0.2) is 11.1 Å². The van der Waals surface area contributed by atoms with Gasteiger partial charge in [0.15, 0.2) is 0 Å². The molecule has 4 heteroatoms.